The van der Waals surface area contributed by atoms with Crippen molar-refractivity contribution < 1.29 is 14.2 Å². The van der Waals surface area contributed by atoms with E-state index >= 15 is 0 Å². The number of rotatable bonds is 7. The van der Waals surface area contributed by atoms with Crippen LogP contribution >= 0.6 is 24.0 Å². The van der Waals surface area contributed by atoms with Gasteiger partial charge in [0, 0.05) is 50.0 Å². The first kappa shape index (κ1) is 24.9. The Hall–Kier alpha value is -2.36. The Bertz CT molecular complexity index is 840. The summed E-state index contributed by atoms with van der Waals surface area (Å²) in [6.07, 6.45) is 0. The molecule has 7 nitrogen and oxygen atoms in total. The number of methoxy groups -OCH3 is 3. The third kappa shape index (κ3) is 6.32. The number of ether oxygens (including phenoxy) is 3. The summed E-state index contributed by atoms with van der Waals surface area (Å²) in [5, 5.41) is 3.43. The molecule has 0 aliphatic carbocycles. The number of nitrogens with zero attached hydrogens (tertiary/aromatic N) is 3. The van der Waals surface area contributed by atoms with Gasteiger partial charge in [0.1, 0.15) is 5.75 Å². The summed E-state index contributed by atoms with van der Waals surface area (Å²) in [6.45, 7) is 7.17. The first-order valence-corrected chi connectivity index (χ1v) is 10.3. The molecule has 1 aliphatic rings. The molecule has 8 heteroatoms. The molecule has 1 N–H and O–H groups in total. The second-order valence-corrected chi connectivity index (χ2v) is 7.00. The molecule has 31 heavy (non-hydrogen) atoms. The van der Waals surface area contributed by atoms with Crippen molar-refractivity contribution in [1.82, 2.24) is 10.2 Å². The Morgan fingerprint density at radius 3 is 2.10 bits per heavy atom. The van der Waals surface area contributed by atoms with E-state index in [0.29, 0.717) is 18.0 Å². The molecule has 0 saturated carbocycles. The van der Waals surface area contributed by atoms with Crippen molar-refractivity contribution in [1.29, 1.82) is 0 Å². The Balaban J connectivity index is 0.00000341. The van der Waals surface area contributed by atoms with E-state index < -0.39 is 0 Å². The topological polar surface area (TPSA) is 58.6 Å². The third-order valence-electron chi connectivity index (χ3n) is 5.22. The van der Waals surface area contributed by atoms with E-state index in [1.165, 1.54) is 5.69 Å². The maximum atomic E-state index is 5.54. The molecule has 0 unspecified atom stereocenters. The van der Waals surface area contributed by atoms with Crippen LogP contribution in [0, 0.1) is 0 Å². The molecule has 1 aliphatic heterocycles. The van der Waals surface area contributed by atoms with Crippen molar-refractivity contribution in [3.05, 3.63) is 48.0 Å². The van der Waals surface area contributed by atoms with Crippen molar-refractivity contribution in [3.8, 4) is 17.2 Å². The minimum Gasteiger partial charge on any atom is -0.496 e. The highest BCUT2D eigenvalue weighted by atomic mass is 127. The molecule has 1 heterocycles. The van der Waals surface area contributed by atoms with Crippen LogP contribution in [-0.4, -0.2) is 64.9 Å². The van der Waals surface area contributed by atoms with Gasteiger partial charge in [0.2, 0.25) is 0 Å². The molecule has 2 aromatic rings. The van der Waals surface area contributed by atoms with Crippen molar-refractivity contribution in [2.45, 2.75) is 13.5 Å². The Kier molecular flexibility index (Phi) is 10.0. The van der Waals surface area contributed by atoms with Gasteiger partial charge in [-0.15, -0.1) is 24.0 Å². The van der Waals surface area contributed by atoms with Gasteiger partial charge in [0.15, 0.2) is 17.5 Å². The fourth-order valence-electron chi connectivity index (χ4n) is 3.62. The van der Waals surface area contributed by atoms with Crippen molar-refractivity contribution >= 4 is 35.6 Å². The predicted octanol–water partition coefficient (Wildman–Crippen LogP) is 3.62. The van der Waals surface area contributed by atoms with Crippen LogP contribution in [0.1, 0.15) is 12.5 Å². The molecule has 0 spiro atoms. The van der Waals surface area contributed by atoms with Crippen LogP contribution in [0.2, 0.25) is 0 Å². The number of halogens is 1. The van der Waals surface area contributed by atoms with Gasteiger partial charge >= 0.3 is 0 Å². The molecule has 0 aromatic heterocycles. The van der Waals surface area contributed by atoms with Crippen LogP contribution in [0.5, 0.6) is 17.2 Å². The van der Waals surface area contributed by atoms with Gasteiger partial charge in [-0.3, -0.25) is 0 Å². The van der Waals surface area contributed by atoms with Crippen molar-refractivity contribution in [3.63, 3.8) is 0 Å². The molecule has 1 saturated heterocycles. The second-order valence-electron chi connectivity index (χ2n) is 7.00. The number of hydrogen-bond acceptors (Lipinski definition) is 5. The van der Waals surface area contributed by atoms with E-state index in [0.717, 1.165) is 50.0 Å². The number of nitrogens with one attached hydrogen (secondary N) is 1. The molecule has 170 valence electrons. The lowest BCUT2D eigenvalue weighted by molar-refractivity contribution is 0.347. The van der Waals surface area contributed by atoms with Gasteiger partial charge < -0.3 is 29.3 Å². The van der Waals surface area contributed by atoms with Crippen LogP contribution in [0.25, 0.3) is 0 Å². The van der Waals surface area contributed by atoms with Gasteiger partial charge in [0.25, 0.3) is 0 Å². The van der Waals surface area contributed by atoms with Gasteiger partial charge in [-0.1, -0.05) is 18.2 Å². The third-order valence-corrected chi connectivity index (χ3v) is 5.22. The zero-order valence-corrected chi connectivity index (χ0v) is 21.1. The molecular formula is C23H33IN4O3. The van der Waals surface area contributed by atoms with Crippen LogP contribution < -0.4 is 24.4 Å². The van der Waals surface area contributed by atoms with Crippen LogP contribution in [0.15, 0.2) is 47.5 Å². The average molecular weight is 540 g/mol. The highest BCUT2D eigenvalue weighted by Crippen LogP contribution is 2.35. The zero-order valence-electron chi connectivity index (χ0n) is 18.8. The lowest BCUT2D eigenvalue weighted by atomic mass is 10.1. The number of guanidine groups is 1. The molecule has 1 fully saturated rings. The zero-order chi connectivity index (χ0) is 21.3. The van der Waals surface area contributed by atoms with Crippen LogP contribution in [0.4, 0.5) is 5.69 Å². The molecular weight excluding hydrogens is 507 g/mol. The summed E-state index contributed by atoms with van der Waals surface area (Å²) in [4.78, 5) is 9.61. The number of para-hydroxylation sites is 1. The first-order valence-electron chi connectivity index (χ1n) is 10.3. The lowest BCUT2D eigenvalue weighted by Gasteiger charge is -2.37. The Morgan fingerprint density at radius 1 is 0.903 bits per heavy atom. The van der Waals surface area contributed by atoms with Crippen molar-refractivity contribution in [2.24, 2.45) is 4.99 Å². The molecule has 2 aromatic carbocycles. The minimum absolute atomic E-state index is 0. The largest absolute Gasteiger partial charge is 0.496 e. The fourth-order valence-corrected chi connectivity index (χ4v) is 3.62. The summed E-state index contributed by atoms with van der Waals surface area (Å²) >= 11 is 0. The van der Waals surface area contributed by atoms with Crippen molar-refractivity contribution in [2.75, 3.05) is 59.0 Å². The van der Waals surface area contributed by atoms with E-state index in [9.17, 15) is 0 Å². The predicted molar refractivity (Wildman–Crippen MR) is 137 cm³/mol. The van der Waals surface area contributed by atoms with E-state index in [2.05, 4.69) is 52.4 Å². The fraction of sp³-hybridized carbons (Fsp3) is 0.435. The quantitative estimate of drug-likeness (QED) is 0.329. The number of anilines is 1. The smallest absolute Gasteiger partial charge is 0.194 e. The second kappa shape index (κ2) is 12.5. The van der Waals surface area contributed by atoms with Gasteiger partial charge in [-0.2, -0.15) is 0 Å². The van der Waals surface area contributed by atoms with E-state index in [-0.39, 0.29) is 24.0 Å². The normalized spacial score (nSPS) is 14.0. The highest BCUT2D eigenvalue weighted by Gasteiger charge is 2.20. The highest BCUT2D eigenvalue weighted by molar-refractivity contribution is 14.0. The minimum atomic E-state index is 0. The lowest BCUT2D eigenvalue weighted by Crippen LogP contribution is -2.52. The van der Waals surface area contributed by atoms with Crippen LogP contribution in [-0.2, 0) is 6.54 Å². The van der Waals surface area contributed by atoms with E-state index in [4.69, 9.17) is 19.2 Å². The summed E-state index contributed by atoms with van der Waals surface area (Å²) in [5.41, 5.74) is 2.22. The monoisotopic (exact) mass is 540 g/mol. The molecule has 0 amide bonds. The molecule has 3 rings (SSSR count). The number of benzene rings is 2. The van der Waals surface area contributed by atoms with Gasteiger partial charge in [-0.05, 0) is 25.1 Å². The summed E-state index contributed by atoms with van der Waals surface area (Å²) in [5.74, 6) is 2.97. The van der Waals surface area contributed by atoms with E-state index in [1.54, 1.807) is 21.3 Å². The van der Waals surface area contributed by atoms with Gasteiger partial charge in [-0.25, -0.2) is 4.99 Å². The maximum absolute atomic E-state index is 5.54. The standard InChI is InChI=1S/C23H32N4O3.HI/c1-5-24-23(27-13-11-26(12-14-27)19-9-7-6-8-10-19)25-17-18-15-21(29-3)22(30-4)16-20(18)28-2;/h6-10,15-16H,5,11-14,17H2,1-4H3,(H,24,25);1H. The SMILES string of the molecule is CCNC(=NCc1cc(OC)c(OC)cc1OC)N1CCN(c2ccccc2)CC1.I. The summed E-state index contributed by atoms with van der Waals surface area (Å²) in [7, 11) is 4.91. The maximum Gasteiger partial charge on any atom is 0.194 e. The Labute approximate surface area is 202 Å². The molecule has 0 atom stereocenters. The first-order chi connectivity index (χ1) is 14.7. The molecule has 0 bridgehead atoms. The summed E-state index contributed by atoms with van der Waals surface area (Å²) in [6, 6.07) is 14.3. The van der Waals surface area contributed by atoms with E-state index in [1.807, 2.05) is 12.1 Å². The molecule has 0 radical (unpaired) electrons. The van der Waals surface area contributed by atoms with Crippen LogP contribution in [0.3, 0.4) is 0 Å². The Morgan fingerprint density at radius 2 is 1.52 bits per heavy atom. The number of aliphatic imine (C=N–C) groups is 1. The number of hydrogen-bond donors (Lipinski definition) is 1. The average Bonchev–Trinajstić information content (AvgIpc) is 2.81. The van der Waals surface area contributed by atoms with Gasteiger partial charge in [0.05, 0.1) is 27.9 Å². The summed E-state index contributed by atoms with van der Waals surface area (Å²) < 4.78 is 16.4. The number of piperazine rings is 1.